The Morgan fingerprint density at radius 2 is 1.28 bits per heavy atom. The molecule has 5 rings (SSSR count). The van der Waals surface area contributed by atoms with Crippen LogP contribution in [0.3, 0.4) is 0 Å². The average Bonchev–Trinajstić information content (AvgIpc) is 3.17. The number of rotatable bonds is 4. The number of fused-ring (bicyclic) bond motifs is 4. The number of carbonyl (C=O) groups is 2. The zero-order valence-electron chi connectivity index (χ0n) is 19.0. The van der Waals surface area contributed by atoms with Crippen molar-refractivity contribution in [3.8, 4) is 0 Å². The summed E-state index contributed by atoms with van der Waals surface area (Å²) in [5.74, 6) is 2.03. The van der Waals surface area contributed by atoms with E-state index in [4.69, 9.17) is 9.47 Å². The lowest BCUT2D eigenvalue weighted by Gasteiger charge is -2.45. The highest BCUT2D eigenvalue weighted by molar-refractivity contribution is 5.90. The van der Waals surface area contributed by atoms with E-state index >= 15 is 0 Å². The first-order chi connectivity index (χ1) is 15.5. The lowest BCUT2D eigenvalue weighted by atomic mass is 9.64. The van der Waals surface area contributed by atoms with Crippen molar-refractivity contribution in [1.82, 2.24) is 0 Å². The minimum absolute atomic E-state index is 0.325. The van der Waals surface area contributed by atoms with Crippen molar-refractivity contribution in [3.63, 3.8) is 0 Å². The number of aryl methyl sites for hydroxylation is 2. The molecule has 2 bridgehead atoms. The third-order valence-corrected chi connectivity index (χ3v) is 7.91. The van der Waals surface area contributed by atoms with Crippen LogP contribution in [0.5, 0.6) is 0 Å². The van der Waals surface area contributed by atoms with E-state index in [1.165, 1.54) is 25.7 Å². The number of benzene rings is 2. The first kappa shape index (κ1) is 21.2. The molecule has 32 heavy (non-hydrogen) atoms. The van der Waals surface area contributed by atoms with E-state index in [2.05, 4.69) is 0 Å². The van der Waals surface area contributed by atoms with Gasteiger partial charge < -0.3 is 9.47 Å². The fourth-order valence-electron chi connectivity index (χ4n) is 6.43. The van der Waals surface area contributed by atoms with Crippen LogP contribution in [0.25, 0.3) is 0 Å². The molecule has 4 nitrogen and oxygen atoms in total. The van der Waals surface area contributed by atoms with Crippen LogP contribution in [-0.4, -0.2) is 24.1 Å². The van der Waals surface area contributed by atoms with E-state index in [9.17, 15) is 9.59 Å². The quantitative estimate of drug-likeness (QED) is 0.565. The maximum atomic E-state index is 13.0. The van der Waals surface area contributed by atoms with Gasteiger partial charge in [0.25, 0.3) is 0 Å². The standard InChI is InChI=1S/C28H32O4/c1-17-5-3-7-21(11-17)27(29)31-25-15-23-14-19-9-10-20(13-19)24(23)16-26(25)32-28(30)22-8-4-6-18(2)12-22/h3-8,11-12,19-20,23-26H,9-10,13-16H2,1-2H3. The molecule has 168 valence electrons. The SMILES string of the molecule is Cc1cccc(C(=O)OC2CC3CC4CCC(C4)C3CC2OC(=O)c2cccc(C)c2)c1. The molecule has 3 aliphatic carbocycles. The Morgan fingerprint density at radius 1 is 0.719 bits per heavy atom. The lowest BCUT2D eigenvalue weighted by Crippen LogP contribution is -2.47. The molecular formula is C28H32O4. The Hall–Kier alpha value is -2.62. The summed E-state index contributed by atoms with van der Waals surface area (Å²) in [6.45, 7) is 3.93. The minimum Gasteiger partial charge on any atom is -0.455 e. The predicted molar refractivity (Wildman–Crippen MR) is 122 cm³/mol. The van der Waals surface area contributed by atoms with Gasteiger partial charge in [-0.1, -0.05) is 41.8 Å². The summed E-state index contributed by atoms with van der Waals surface area (Å²) in [4.78, 5) is 25.9. The Balaban J connectivity index is 1.36. The molecular weight excluding hydrogens is 400 g/mol. The second-order valence-electron chi connectivity index (χ2n) is 10.2. The molecule has 4 heteroatoms. The molecule has 0 aliphatic heterocycles. The van der Waals surface area contributed by atoms with Crippen LogP contribution in [0, 0.1) is 37.5 Å². The third-order valence-electron chi connectivity index (χ3n) is 7.91. The maximum Gasteiger partial charge on any atom is 0.338 e. The molecule has 6 atom stereocenters. The first-order valence-corrected chi connectivity index (χ1v) is 12.0. The van der Waals surface area contributed by atoms with Gasteiger partial charge in [0.05, 0.1) is 11.1 Å². The maximum absolute atomic E-state index is 13.0. The minimum atomic E-state index is -0.393. The largest absolute Gasteiger partial charge is 0.455 e. The Labute approximate surface area is 190 Å². The third kappa shape index (κ3) is 4.32. The number of hydrogen-bond donors (Lipinski definition) is 0. The molecule has 0 spiro atoms. The molecule has 2 aromatic carbocycles. The summed E-state index contributed by atoms with van der Waals surface area (Å²) >= 11 is 0. The summed E-state index contributed by atoms with van der Waals surface area (Å²) in [6, 6.07) is 15.0. The van der Waals surface area contributed by atoms with E-state index in [0.717, 1.165) is 35.8 Å². The van der Waals surface area contributed by atoms with Gasteiger partial charge >= 0.3 is 11.9 Å². The first-order valence-electron chi connectivity index (χ1n) is 12.0. The van der Waals surface area contributed by atoms with Crippen LogP contribution < -0.4 is 0 Å². The predicted octanol–water partition coefficient (Wildman–Crippen LogP) is 5.90. The molecule has 0 radical (unpaired) electrons. The topological polar surface area (TPSA) is 52.6 Å². The van der Waals surface area contributed by atoms with Gasteiger partial charge in [0.1, 0.15) is 12.2 Å². The summed E-state index contributed by atoms with van der Waals surface area (Å²) in [7, 11) is 0. The smallest absolute Gasteiger partial charge is 0.338 e. The summed E-state index contributed by atoms with van der Waals surface area (Å²) in [5.41, 5.74) is 3.16. The van der Waals surface area contributed by atoms with Gasteiger partial charge in [0, 0.05) is 0 Å². The molecule has 0 heterocycles. The van der Waals surface area contributed by atoms with Crippen LogP contribution in [0.2, 0.25) is 0 Å². The summed E-state index contributed by atoms with van der Waals surface area (Å²) in [5, 5.41) is 0. The molecule has 0 aromatic heterocycles. The van der Waals surface area contributed by atoms with Crippen LogP contribution in [0.15, 0.2) is 48.5 Å². The monoisotopic (exact) mass is 432 g/mol. The van der Waals surface area contributed by atoms with Gasteiger partial charge in [-0.15, -0.1) is 0 Å². The van der Waals surface area contributed by atoms with Crippen LogP contribution in [0.4, 0.5) is 0 Å². The van der Waals surface area contributed by atoms with Crippen molar-refractivity contribution >= 4 is 11.9 Å². The normalized spacial score (nSPS) is 30.9. The molecule has 0 saturated heterocycles. The molecule has 3 fully saturated rings. The molecule has 6 unspecified atom stereocenters. The van der Waals surface area contributed by atoms with Crippen molar-refractivity contribution in [1.29, 1.82) is 0 Å². The van der Waals surface area contributed by atoms with Crippen molar-refractivity contribution < 1.29 is 19.1 Å². The van der Waals surface area contributed by atoms with Crippen molar-refractivity contribution in [2.24, 2.45) is 23.7 Å². The summed E-state index contributed by atoms with van der Waals surface area (Å²) in [6.07, 6.45) is 5.95. The van der Waals surface area contributed by atoms with E-state index in [1.54, 1.807) is 12.1 Å². The van der Waals surface area contributed by atoms with Crippen molar-refractivity contribution in [2.75, 3.05) is 0 Å². The van der Waals surface area contributed by atoms with Gasteiger partial charge in [-0.05, 0) is 93.9 Å². The van der Waals surface area contributed by atoms with Gasteiger partial charge in [-0.3, -0.25) is 0 Å². The molecule has 2 aromatic rings. The Bertz CT molecular complexity index is 1010. The van der Waals surface area contributed by atoms with Gasteiger partial charge in [-0.2, -0.15) is 0 Å². The highest BCUT2D eigenvalue weighted by Gasteiger charge is 2.49. The zero-order valence-corrected chi connectivity index (χ0v) is 19.0. The number of hydrogen-bond acceptors (Lipinski definition) is 4. The fraction of sp³-hybridized carbons (Fsp3) is 0.500. The second-order valence-corrected chi connectivity index (χ2v) is 10.2. The summed E-state index contributed by atoms with van der Waals surface area (Å²) < 4.78 is 12.1. The molecule has 3 aliphatic rings. The van der Waals surface area contributed by atoms with Crippen LogP contribution in [0.1, 0.15) is 70.4 Å². The Morgan fingerprint density at radius 3 is 1.88 bits per heavy atom. The lowest BCUT2D eigenvalue weighted by molar-refractivity contribution is -0.0891. The zero-order chi connectivity index (χ0) is 22.2. The number of esters is 2. The van der Waals surface area contributed by atoms with Gasteiger partial charge in [-0.25, -0.2) is 9.59 Å². The van der Waals surface area contributed by atoms with Crippen molar-refractivity contribution in [2.45, 2.75) is 64.6 Å². The highest BCUT2D eigenvalue weighted by atomic mass is 16.6. The van der Waals surface area contributed by atoms with E-state index < -0.39 is 12.2 Å². The number of carbonyl (C=O) groups excluding carboxylic acids is 2. The van der Waals surface area contributed by atoms with Gasteiger partial charge in [0.15, 0.2) is 0 Å². The molecule has 0 N–H and O–H groups in total. The fourth-order valence-corrected chi connectivity index (χ4v) is 6.43. The molecule has 0 amide bonds. The van der Waals surface area contributed by atoms with E-state index in [1.807, 2.05) is 50.2 Å². The second kappa shape index (κ2) is 8.73. The van der Waals surface area contributed by atoms with Crippen molar-refractivity contribution in [3.05, 3.63) is 70.8 Å². The van der Waals surface area contributed by atoms with E-state index in [-0.39, 0.29) is 11.9 Å². The van der Waals surface area contributed by atoms with Crippen LogP contribution >= 0.6 is 0 Å². The van der Waals surface area contributed by atoms with Crippen LogP contribution in [-0.2, 0) is 9.47 Å². The highest BCUT2D eigenvalue weighted by Crippen LogP contribution is 2.54. The van der Waals surface area contributed by atoms with Gasteiger partial charge in [0.2, 0.25) is 0 Å². The number of ether oxygens (including phenoxy) is 2. The Kier molecular flexibility index (Phi) is 5.79. The van der Waals surface area contributed by atoms with E-state index in [0.29, 0.717) is 23.0 Å². The average molecular weight is 433 g/mol. The molecule has 3 saturated carbocycles.